The van der Waals surface area contributed by atoms with E-state index in [9.17, 15) is 22.8 Å². The second kappa shape index (κ2) is 11.2. The van der Waals surface area contributed by atoms with Crippen molar-refractivity contribution < 1.29 is 32.3 Å². The number of Topliss-reactive ketones (excluding diaryl/α,β-unsaturated/α-hetero) is 2. The van der Waals surface area contributed by atoms with Gasteiger partial charge in [-0.1, -0.05) is 0 Å². The molecule has 0 amide bonds. The van der Waals surface area contributed by atoms with Gasteiger partial charge < -0.3 is 9.47 Å². The van der Waals surface area contributed by atoms with Crippen LogP contribution in [0.2, 0.25) is 0 Å². The van der Waals surface area contributed by atoms with E-state index in [4.69, 9.17) is 9.47 Å². The smallest absolute Gasteiger partial charge is 0.306 e. The molecule has 2 aromatic carbocycles. The predicted octanol–water partition coefficient (Wildman–Crippen LogP) is 3.26. The zero-order valence-electron chi connectivity index (χ0n) is 18.5. The Labute approximate surface area is 193 Å². The zero-order valence-corrected chi connectivity index (χ0v) is 19.3. The summed E-state index contributed by atoms with van der Waals surface area (Å²) in [4.78, 5) is 36.6. The SMILES string of the molecule is CCOc1ccc(C(=O)CCC(=O)OCC(=O)c2ccc(S(=O)(=O)N3CCCC3)cc2)cc1. The second-order valence-corrected chi connectivity index (χ2v) is 9.54. The van der Waals surface area contributed by atoms with E-state index < -0.39 is 28.4 Å². The number of carbonyl (C=O) groups is 3. The van der Waals surface area contributed by atoms with Crippen molar-refractivity contribution in [1.82, 2.24) is 4.31 Å². The molecule has 0 saturated carbocycles. The molecule has 0 radical (unpaired) electrons. The van der Waals surface area contributed by atoms with Crippen molar-refractivity contribution in [2.24, 2.45) is 0 Å². The Morgan fingerprint density at radius 3 is 2.03 bits per heavy atom. The third-order valence-corrected chi connectivity index (χ3v) is 7.20. The molecule has 0 aliphatic carbocycles. The summed E-state index contributed by atoms with van der Waals surface area (Å²) in [6.07, 6.45) is 1.50. The number of rotatable bonds is 11. The van der Waals surface area contributed by atoms with Crippen molar-refractivity contribution in [3.63, 3.8) is 0 Å². The molecule has 1 aliphatic heterocycles. The minimum absolute atomic E-state index is 0.0376. The van der Waals surface area contributed by atoms with Gasteiger partial charge in [0.05, 0.1) is 17.9 Å². The summed E-state index contributed by atoms with van der Waals surface area (Å²) in [5.74, 6) is -0.660. The summed E-state index contributed by atoms with van der Waals surface area (Å²) in [7, 11) is -3.55. The van der Waals surface area contributed by atoms with Crippen molar-refractivity contribution in [1.29, 1.82) is 0 Å². The Hall–Kier alpha value is -3.04. The Morgan fingerprint density at radius 2 is 1.42 bits per heavy atom. The number of carbonyl (C=O) groups excluding carboxylic acids is 3. The summed E-state index contributed by atoms with van der Waals surface area (Å²) in [5.41, 5.74) is 0.708. The standard InChI is InChI=1S/C24H27NO7S/c1-2-31-20-9-5-18(6-10-20)22(26)13-14-24(28)32-17-23(27)19-7-11-21(12-8-19)33(29,30)25-15-3-4-16-25/h5-12H,2-4,13-17H2,1H3. The normalized spacial score (nSPS) is 14.1. The van der Waals surface area contributed by atoms with E-state index in [1.54, 1.807) is 24.3 Å². The highest BCUT2D eigenvalue weighted by molar-refractivity contribution is 7.89. The number of hydrogen-bond donors (Lipinski definition) is 0. The van der Waals surface area contributed by atoms with Crippen LogP contribution in [0.1, 0.15) is 53.3 Å². The maximum Gasteiger partial charge on any atom is 0.306 e. The molecule has 2 aromatic rings. The molecule has 3 rings (SSSR count). The monoisotopic (exact) mass is 473 g/mol. The van der Waals surface area contributed by atoms with Gasteiger partial charge >= 0.3 is 5.97 Å². The molecule has 1 saturated heterocycles. The minimum atomic E-state index is -3.55. The molecule has 0 spiro atoms. The Balaban J connectivity index is 1.46. The number of nitrogens with zero attached hydrogens (tertiary/aromatic N) is 1. The lowest BCUT2D eigenvalue weighted by Crippen LogP contribution is -2.27. The van der Waals surface area contributed by atoms with Crippen LogP contribution in [-0.4, -0.2) is 56.6 Å². The number of ether oxygens (including phenoxy) is 2. The average Bonchev–Trinajstić information content (AvgIpc) is 3.38. The highest BCUT2D eigenvalue weighted by Crippen LogP contribution is 2.21. The van der Waals surface area contributed by atoms with Gasteiger partial charge in [-0.25, -0.2) is 8.42 Å². The van der Waals surface area contributed by atoms with Gasteiger partial charge in [-0.3, -0.25) is 14.4 Å². The van der Waals surface area contributed by atoms with Gasteiger partial charge in [0.1, 0.15) is 5.75 Å². The molecule has 0 N–H and O–H groups in total. The van der Waals surface area contributed by atoms with Crippen LogP contribution in [0.25, 0.3) is 0 Å². The lowest BCUT2D eigenvalue weighted by molar-refractivity contribution is -0.142. The van der Waals surface area contributed by atoms with Crippen molar-refractivity contribution >= 4 is 27.6 Å². The fourth-order valence-corrected chi connectivity index (χ4v) is 4.97. The lowest BCUT2D eigenvalue weighted by Gasteiger charge is -2.15. The summed E-state index contributed by atoms with van der Waals surface area (Å²) < 4.78 is 36.8. The van der Waals surface area contributed by atoms with Crippen molar-refractivity contribution in [3.05, 3.63) is 59.7 Å². The van der Waals surface area contributed by atoms with Crippen LogP contribution in [0.15, 0.2) is 53.4 Å². The molecule has 0 aromatic heterocycles. The number of esters is 1. The van der Waals surface area contributed by atoms with E-state index in [-0.39, 0.29) is 29.1 Å². The fourth-order valence-electron chi connectivity index (χ4n) is 3.46. The van der Waals surface area contributed by atoms with Gasteiger partial charge in [0.2, 0.25) is 10.0 Å². The molecule has 0 bridgehead atoms. The van der Waals surface area contributed by atoms with Crippen LogP contribution < -0.4 is 4.74 Å². The minimum Gasteiger partial charge on any atom is -0.494 e. The summed E-state index contributed by atoms with van der Waals surface area (Å²) in [5, 5.41) is 0. The molecule has 1 aliphatic rings. The fraction of sp³-hybridized carbons (Fsp3) is 0.375. The summed E-state index contributed by atoms with van der Waals surface area (Å²) in [6, 6.07) is 12.2. The van der Waals surface area contributed by atoms with Gasteiger partial charge in [-0.05, 0) is 68.3 Å². The topological polar surface area (TPSA) is 107 Å². The van der Waals surface area contributed by atoms with Crippen LogP contribution >= 0.6 is 0 Å². The Kier molecular flexibility index (Phi) is 8.35. The highest BCUT2D eigenvalue weighted by atomic mass is 32.2. The van der Waals surface area contributed by atoms with Crippen LogP contribution in [0.4, 0.5) is 0 Å². The highest BCUT2D eigenvalue weighted by Gasteiger charge is 2.27. The van der Waals surface area contributed by atoms with Gasteiger partial charge in [0.25, 0.3) is 0 Å². The first-order chi connectivity index (χ1) is 15.8. The van der Waals surface area contributed by atoms with Crippen LogP contribution in [0.3, 0.4) is 0 Å². The van der Waals surface area contributed by atoms with Gasteiger partial charge in [0.15, 0.2) is 18.2 Å². The maximum atomic E-state index is 12.5. The summed E-state index contributed by atoms with van der Waals surface area (Å²) >= 11 is 0. The van der Waals surface area contributed by atoms with E-state index in [0.29, 0.717) is 31.0 Å². The average molecular weight is 474 g/mol. The third-order valence-electron chi connectivity index (χ3n) is 5.29. The van der Waals surface area contributed by atoms with E-state index in [2.05, 4.69) is 0 Å². The predicted molar refractivity (Wildman–Crippen MR) is 121 cm³/mol. The van der Waals surface area contributed by atoms with Crippen molar-refractivity contribution in [3.8, 4) is 5.75 Å². The van der Waals surface area contributed by atoms with Gasteiger partial charge in [-0.15, -0.1) is 0 Å². The van der Waals surface area contributed by atoms with E-state index in [0.717, 1.165) is 12.8 Å². The molecular weight excluding hydrogens is 446 g/mol. The van der Waals surface area contributed by atoms with Gasteiger partial charge in [-0.2, -0.15) is 4.31 Å². The van der Waals surface area contributed by atoms with Crippen molar-refractivity contribution in [2.75, 3.05) is 26.3 Å². The van der Waals surface area contributed by atoms with E-state index in [1.807, 2.05) is 6.92 Å². The molecule has 1 heterocycles. The molecule has 9 heteroatoms. The number of hydrogen-bond acceptors (Lipinski definition) is 7. The van der Waals surface area contributed by atoms with Crippen molar-refractivity contribution in [2.45, 2.75) is 37.5 Å². The first-order valence-electron chi connectivity index (χ1n) is 10.9. The molecular formula is C24H27NO7S. The van der Waals surface area contributed by atoms with Gasteiger partial charge in [0, 0.05) is 30.6 Å². The number of benzene rings is 2. The number of sulfonamides is 1. The van der Waals surface area contributed by atoms with E-state index in [1.165, 1.54) is 28.6 Å². The van der Waals surface area contributed by atoms with E-state index >= 15 is 0 Å². The zero-order chi connectivity index (χ0) is 23.8. The molecule has 0 atom stereocenters. The molecule has 8 nitrogen and oxygen atoms in total. The molecule has 0 unspecified atom stereocenters. The quantitative estimate of drug-likeness (QED) is 0.364. The van der Waals surface area contributed by atoms with Crippen LogP contribution in [0, 0.1) is 0 Å². The Morgan fingerprint density at radius 1 is 0.848 bits per heavy atom. The first kappa shape index (κ1) is 24.6. The molecule has 176 valence electrons. The maximum absolute atomic E-state index is 12.5. The lowest BCUT2D eigenvalue weighted by atomic mass is 10.1. The molecule has 1 fully saturated rings. The first-order valence-corrected chi connectivity index (χ1v) is 12.3. The Bertz CT molecular complexity index is 1090. The number of ketones is 2. The largest absolute Gasteiger partial charge is 0.494 e. The third kappa shape index (κ3) is 6.49. The second-order valence-electron chi connectivity index (χ2n) is 7.60. The van der Waals surface area contributed by atoms with Crippen LogP contribution in [-0.2, 0) is 19.6 Å². The van der Waals surface area contributed by atoms with Crippen LogP contribution in [0.5, 0.6) is 5.75 Å². The molecule has 33 heavy (non-hydrogen) atoms. The summed E-state index contributed by atoms with van der Waals surface area (Å²) in [6.45, 7) is 2.92.